The molecule has 12 heteroatoms. The molecule has 0 saturated heterocycles. The molecule has 10 nitrogen and oxygen atoms in total. The van der Waals surface area contributed by atoms with Gasteiger partial charge in [0, 0.05) is 46.5 Å². The second-order valence-electron chi connectivity index (χ2n) is 12.4. The number of halogens is 2. The van der Waals surface area contributed by atoms with Gasteiger partial charge in [-0.3, -0.25) is 9.78 Å². The monoisotopic (exact) mass is 688 g/mol. The molecular formula is C35H42Cl2N2O8. The third-order valence-corrected chi connectivity index (χ3v) is 9.37. The lowest BCUT2D eigenvalue weighted by atomic mass is 9.96. The van der Waals surface area contributed by atoms with Crippen LogP contribution in [0.3, 0.4) is 0 Å². The van der Waals surface area contributed by atoms with Gasteiger partial charge in [-0.2, -0.15) is 0 Å². The molecule has 3 aromatic rings. The summed E-state index contributed by atoms with van der Waals surface area (Å²) in [6.45, 7) is -0.806. The summed E-state index contributed by atoms with van der Waals surface area (Å²) < 4.78 is 12.8. The molecule has 0 radical (unpaired) electrons. The Morgan fingerprint density at radius 3 is 2.38 bits per heavy atom. The number of aromatic nitrogens is 1. The van der Waals surface area contributed by atoms with Crippen LogP contribution in [0.15, 0.2) is 54.9 Å². The van der Waals surface area contributed by atoms with Crippen molar-refractivity contribution >= 4 is 29.1 Å². The molecule has 5 rings (SSSR count). The second kappa shape index (κ2) is 16.1. The first-order valence-corrected chi connectivity index (χ1v) is 16.8. The molecule has 0 bridgehead atoms. The number of pyridine rings is 1. The fourth-order valence-electron chi connectivity index (χ4n) is 5.49. The number of unbranched alkanes of at least 4 members (excludes halogenated alkanes) is 1. The van der Waals surface area contributed by atoms with Crippen molar-refractivity contribution in [2.45, 2.75) is 94.1 Å². The lowest BCUT2D eigenvalue weighted by Crippen LogP contribution is -2.49. The summed E-state index contributed by atoms with van der Waals surface area (Å²) in [5.41, 5.74) is 4.27. The van der Waals surface area contributed by atoms with E-state index in [0.29, 0.717) is 29.3 Å². The van der Waals surface area contributed by atoms with Crippen molar-refractivity contribution < 1.29 is 39.8 Å². The van der Waals surface area contributed by atoms with Gasteiger partial charge in [-0.05, 0) is 85.9 Å². The Morgan fingerprint density at radius 2 is 1.66 bits per heavy atom. The van der Waals surface area contributed by atoms with Gasteiger partial charge < -0.3 is 40.3 Å². The van der Waals surface area contributed by atoms with Crippen molar-refractivity contribution in [3.05, 3.63) is 81.6 Å². The molecule has 2 aliphatic carbocycles. The standard InChI is InChI=1S/C35H42Cl2N2O8/c36-27-16-22(28(37)15-21(27)5-1-4-8-32(43)39-18-29(41)33(44)34(45)30(42)19-40)20-46-35(12-13-35)26-17-38-14-11-24(26)25-6-2-3-7-31(25)47-23-9-10-23/h2-3,6-7,11,14-17,23,29-30,33-34,40-42,44-45H,1,4-5,8-10,12-13,18-20H2,(H,39,43). The van der Waals surface area contributed by atoms with E-state index in [1.54, 1.807) is 6.20 Å². The first kappa shape index (κ1) is 35.5. The Bertz CT molecular complexity index is 1520. The maximum atomic E-state index is 12.2. The van der Waals surface area contributed by atoms with E-state index in [-0.39, 0.29) is 31.6 Å². The molecule has 6 N–H and O–H groups in total. The number of nitrogens with one attached hydrogen (secondary N) is 1. The van der Waals surface area contributed by atoms with E-state index in [4.69, 9.17) is 37.8 Å². The van der Waals surface area contributed by atoms with Crippen LogP contribution in [-0.4, -0.2) is 80.1 Å². The van der Waals surface area contributed by atoms with Gasteiger partial charge >= 0.3 is 0 Å². The summed E-state index contributed by atoms with van der Waals surface area (Å²) in [5.74, 6) is 0.533. The fourth-order valence-corrected chi connectivity index (χ4v) is 6.02. The molecule has 1 amide bonds. The number of nitrogens with zero attached hydrogens (tertiary/aromatic N) is 1. The molecule has 254 valence electrons. The Morgan fingerprint density at radius 1 is 0.957 bits per heavy atom. The first-order valence-electron chi connectivity index (χ1n) is 16.0. The molecule has 4 atom stereocenters. The zero-order valence-electron chi connectivity index (χ0n) is 26.0. The van der Waals surface area contributed by atoms with Gasteiger partial charge in [0.15, 0.2) is 0 Å². The number of aliphatic hydroxyl groups is 5. The molecule has 1 aromatic heterocycles. The Balaban J connectivity index is 1.12. The van der Waals surface area contributed by atoms with Crippen molar-refractivity contribution in [1.82, 2.24) is 10.3 Å². The van der Waals surface area contributed by atoms with Crippen molar-refractivity contribution in [3.8, 4) is 16.9 Å². The van der Waals surface area contributed by atoms with Crippen LogP contribution in [0.25, 0.3) is 11.1 Å². The summed E-state index contributed by atoms with van der Waals surface area (Å²) in [6, 6.07) is 13.8. The smallest absolute Gasteiger partial charge is 0.220 e. The molecule has 2 aromatic carbocycles. The number of amides is 1. The average Bonchev–Trinajstić information content (AvgIpc) is 4.03. The highest BCUT2D eigenvalue weighted by molar-refractivity contribution is 6.34. The van der Waals surface area contributed by atoms with E-state index in [0.717, 1.165) is 59.3 Å². The number of carbonyl (C=O) groups is 1. The van der Waals surface area contributed by atoms with Gasteiger partial charge in [-0.15, -0.1) is 0 Å². The SMILES string of the molecule is O=C(CCCCc1cc(Cl)c(COC2(c3cnccc3-c3ccccc3OC3CC3)CC2)cc1Cl)NCC(O)C(O)C(O)C(O)CO. The minimum Gasteiger partial charge on any atom is -0.490 e. The van der Waals surface area contributed by atoms with E-state index < -0.39 is 36.6 Å². The topological polar surface area (TPSA) is 162 Å². The van der Waals surface area contributed by atoms with Gasteiger partial charge in [0.2, 0.25) is 5.91 Å². The highest BCUT2D eigenvalue weighted by Gasteiger charge is 2.48. The maximum absolute atomic E-state index is 12.2. The fraction of sp³-hybridized carbons (Fsp3) is 0.486. The Kier molecular flexibility index (Phi) is 12.1. The van der Waals surface area contributed by atoms with E-state index in [1.807, 2.05) is 42.6 Å². The van der Waals surface area contributed by atoms with Gasteiger partial charge in [0.05, 0.1) is 31.0 Å². The highest BCUT2D eigenvalue weighted by atomic mass is 35.5. The maximum Gasteiger partial charge on any atom is 0.220 e. The van der Waals surface area contributed by atoms with Crippen LogP contribution in [0, 0.1) is 0 Å². The molecule has 0 spiro atoms. The van der Waals surface area contributed by atoms with Crippen LogP contribution in [0.4, 0.5) is 0 Å². The van der Waals surface area contributed by atoms with Crippen LogP contribution in [0.5, 0.6) is 5.75 Å². The third-order valence-electron chi connectivity index (χ3n) is 8.66. The largest absolute Gasteiger partial charge is 0.490 e. The van der Waals surface area contributed by atoms with Gasteiger partial charge in [0.25, 0.3) is 0 Å². The van der Waals surface area contributed by atoms with Crippen LogP contribution < -0.4 is 10.1 Å². The van der Waals surface area contributed by atoms with Crippen LogP contribution >= 0.6 is 23.2 Å². The number of para-hydroxylation sites is 1. The van der Waals surface area contributed by atoms with Crippen molar-refractivity contribution in [3.63, 3.8) is 0 Å². The lowest BCUT2D eigenvalue weighted by molar-refractivity contribution is -0.126. The number of benzene rings is 2. The van der Waals surface area contributed by atoms with E-state index >= 15 is 0 Å². The number of ether oxygens (including phenoxy) is 2. The van der Waals surface area contributed by atoms with Crippen molar-refractivity contribution in [2.24, 2.45) is 0 Å². The Hall–Kier alpha value is -2.80. The molecule has 4 unspecified atom stereocenters. The number of aliphatic hydroxyl groups excluding tert-OH is 5. The molecule has 2 saturated carbocycles. The molecule has 2 aliphatic rings. The first-order chi connectivity index (χ1) is 22.6. The summed E-state index contributed by atoms with van der Waals surface area (Å²) in [7, 11) is 0. The number of hydrogen-bond donors (Lipinski definition) is 6. The number of aryl methyl sites for hydroxylation is 1. The van der Waals surface area contributed by atoms with E-state index in [9.17, 15) is 25.2 Å². The average molecular weight is 690 g/mol. The zero-order valence-corrected chi connectivity index (χ0v) is 27.5. The predicted octanol–water partition coefficient (Wildman–Crippen LogP) is 4.07. The predicted molar refractivity (Wildman–Crippen MR) is 177 cm³/mol. The number of carbonyl (C=O) groups excluding carboxylic acids is 1. The Labute approximate surface area is 284 Å². The minimum atomic E-state index is -1.75. The minimum absolute atomic E-state index is 0.178. The quantitative estimate of drug-likeness (QED) is 0.108. The summed E-state index contributed by atoms with van der Waals surface area (Å²) in [4.78, 5) is 16.6. The van der Waals surface area contributed by atoms with Gasteiger partial charge in [-0.25, -0.2) is 0 Å². The third kappa shape index (κ3) is 9.22. The van der Waals surface area contributed by atoms with Crippen molar-refractivity contribution in [1.29, 1.82) is 0 Å². The summed E-state index contributed by atoms with van der Waals surface area (Å²) >= 11 is 13.3. The molecule has 1 heterocycles. The van der Waals surface area contributed by atoms with E-state index in [1.165, 1.54) is 0 Å². The number of hydrogen-bond acceptors (Lipinski definition) is 9. The normalized spacial score (nSPS) is 17.9. The summed E-state index contributed by atoms with van der Waals surface area (Å²) in [5, 5.41) is 51.4. The zero-order chi connectivity index (χ0) is 33.6. The van der Waals surface area contributed by atoms with Crippen LogP contribution in [0.1, 0.15) is 61.6 Å². The molecule has 47 heavy (non-hydrogen) atoms. The van der Waals surface area contributed by atoms with Gasteiger partial charge in [-0.1, -0.05) is 41.4 Å². The van der Waals surface area contributed by atoms with Crippen LogP contribution in [0.2, 0.25) is 10.0 Å². The summed E-state index contributed by atoms with van der Waals surface area (Å²) in [6.07, 6.45) is 3.24. The molecular weight excluding hydrogens is 647 g/mol. The molecule has 2 fully saturated rings. The van der Waals surface area contributed by atoms with E-state index in [2.05, 4.69) is 16.4 Å². The van der Waals surface area contributed by atoms with Crippen molar-refractivity contribution in [2.75, 3.05) is 13.2 Å². The highest BCUT2D eigenvalue weighted by Crippen LogP contribution is 2.53. The second-order valence-corrected chi connectivity index (χ2v) is 13.2. The van der Waals surface area contributed by atoms with Gasteiger partial charge in [0.1, 0.15) is 24.1 Å². The number of rotatable bonds is 18. The molecule has 0 aliphatic heterocycles. The lowest BCUT2D eigenvalue weighted by Gasteiger charge is -2.25. The van der Waals surface area contributed by atoms with Crippen LogP contribution in [-0.2, 0) is 28.2 Å².